The minimum atomic E-state index is -1.12. The zero-order valence-corrected chi connectivity index (χ0v) is 21.0. The predicted molar refractivity (Wildman–Crippen MR) is 140 cm³/mol. The summed E-state index contributed by atoms with van der Waals surface area (Å²) in [6, 6.07) is 11.6. The predicted octanol–water partition coefficient (Wildman–Crippen LogP) is 3.37. The van der Waals surface area contributed by atoms with Crippen LogP contribution in [0, 0.1) is 0 Å². The zero-order chi connectivity index (χ0) is 25.6. The lowest BCUT2D eigenvalue weighted by atomic mass is 10.2. The Bertz CT molecular complexity index is 1480. The molecule has 0 unspecified atom stereocenters. The van der Waals surface area contributed by atoms with Gasteiger partial charge in [0.15, 0.2) is 0 Å². The number of aliphatic hydroxyl groups is 1. The Balaban J connectivity index is 1.20. The molecule has 4 aromatic rings. The number of methoxy groups -OCH3 is 1. The number of hydrogen-bond donors (Lipinski definition) is 2. The summed E-state index contributed by atoms with van der Waals surface area (Å²) in [5.74, 6) is 0.871. The quantitative estimate of drug-likeness (QED) is 0.399. The van der Waals surface area contributed by atoms with Gasteiger partial charge in [0, 0.05) is 44.1 Å². The van der Waals surface area contributed by atoms with Crippen molar-refractivity contribution in [1.29, 1.82) is 0 Å². The van der Waals surface area contributed by atoms with Crippen molar-refractivity contribution >= 4 is 40.5 Å². The number of aromatic nitrogens is 4. The van der Waals surface area contributed by atoms with E-state index in [0.717, 1.165) is 17.0 Å². The second-order valence-electron chi connectivity index (χ2n) is 9.28. The summed E-state index contributed by atoms with van der Waals surface area (Å²) in [6.45, 7) is 2.52. The maximum absolute atomic E-state index is 12.4. The number of halogens is 1. The van der Waals surface area contributed by atoms with Gasteiger partial charge in [0.2, 0.25) is 5.95 Å². The number of nitrogens with zero attached hydrogens (tertiary/aromatic N) is 6. The van der Waals surface area contributed by atoms with E-state index in [1.165, 1.54) is 0 Å². The number of benzene rings is 1. The summed E-state index contributed by atoms with van der Waals surface area (Å²) in [5, 5.41) is 13.8. The van der Waals surface area contributed by atoms with Crippen molar-refractivity contribution in [3.05, 3.63) is 60.0 Å². The highest BCUT2D eigenvalue weighted by Crippen LogP contribution is 2.38. The highest BCUT2D eigenvalue weighted by molar-refractivity contribution is 6.32. The number of amides is 1. The van der Waals surface area contributed by atoms with Crippen molar-refractivity contribution in [3.8, 4) is 17.1 Å². The molecule has 3 aromatic heterocycles. The van der Waals surface area contributed by atoms with Crippen LogP contribution >= 0.6 is 11.6 Å². The molecule has 1 saturated heterocycles. The fraction of sp³-hybridized carbons (Fsp3) is 0.308. The van der Waals surface area contributed by atoms with Crippen molar-refractivity contribution in [3.63, 3.8) is 0 Å². The van der Waals surface area contributed by atoms with Gasteiger partial charge in [-0.05, 0) is 37.1 Å². The van der Waals surface area contributed by atoms with Gasteiger partial charge in [-0.3, -0.25) is 9.20 Å². The Morgan fingerprint density at radius 3 is 2.68 bits per heavy atom. The summed E-state index contributed by atoms with van der Waals surface area (Å²) in [6.07, 6.45) is 6.34. The van der Waals surface area contributed by atoms with Gasteiger partial charge in [-0.25, -0.2) is 15.0 Å². The van der Waals surface area contributed by atoms with E-state index in [-0.39, 0.29) is 5.91 Å². The molecule has 190 valence electrons. The standard InChI is InChI=1S/C26H26ClN7O3/c1-37-21-14-17(32-10-12-33(13-11-32)24(35)26(36)7-8-26)5-6-19(21)30-25-29-15-18(27)23(31-25)20-16-28-22-4-2-3-9-34(20)22/h2-6,9,14-16,36H,7-8,10-13H2,1H3,(H,29,30,31). The van der Waals surface area contributed by atoms with Gasteiger partial charge in [0.05, 0.1) is 35.9 Å². The lowest BCUT2D eigenvalue weighted by Crippen LogP contribution is -2.52. The summed E-state index contributed by atoms with van der Waals surface area (Å²) < 4.78 is 7.59. The van der Waals surface area contributed by atoms with Crippen LogP contribution in [-0.2, 0) is 4.79 Å². The average molecular weight is 520 g/mol. The van der Waals surface area contributed by atoms with E-state index in [0.29, 0.717) is 67.1 Å². The van der Waals surface area contributed by atoms with Crippen LogP contribution in [0.4, 0.5) is 17.3 Å². The molecule has 11 heteroatoms. The number of anilines is 3. The largest absolute Gasteiger partial charge is 0.494 e. The number of carbonyl (C=O) groups excluding carboxylic acids is 1. The summed E-state index contributed by atoms with van der Waals surface area (Å²) >= 11 is 6.45. The first-order chi connectivity index (χ1) is 17.9. The SMILES string of the molecule is COc1cc(N2CCN(C(=O)C3(O)CC3)CC2)ccc1Nc1ncc(Cl)c(-c2cnc3ccccn23)n1. The first kappa shape index (κ1) is 23.5. The number of carbonyl (C=O) groups is 1. The Morgan fingerprint density at radius 1 is 1.11 bits per heavy atom. The van der Waals surface area contributed by atoms with E-state index in [1.807, 2.05) is 47.0 Å². The molecular formula is C26H26ClN7O3. The van der Waals surface area contributed by atoms with Gasteiger partial charge in [0.25, 0.3) is 5.91 Å². The van der Waals surface area contributed by atoms with E-state index < -0.39 is 5.60 Å². The molecule has 2 fully saturated rings. The van der Waals surface area contributed by atoms with Crippen LogP contribution in [0.25, 0.3) is 17.0 Å². The van der Waals surface area contributed by atoms with Gasteiger partial charge in [-0.2, -0.15) is 0 Å². The second kappa shape index (κ2) is 9.20. The summed E-state index contributed by atoms with van der Waals surface area (Å²) in [7, 11) is 1.61. The molecule has 1 amide bonds. The number of ether oxygens (including phenoxy) is 1. The number of rotatable bonds is 6. The highest BCUT2D eigenvalue weighted by atomic mass is 35.5. The molecule has 6 rings (SSSR count). The van der Waals surface area contributed by atoms with Crippen molar-refractivity contribution in [2.45, 2.75) is 18.4 Å². The fourth-order valence-electron chi connectivity index (χ4n) is 4.61. The third-order valence-corrected chi connectivity index (χ3v) is 7.17. The molecule has 0 radical (unpaired) electrons. The number of pyridine rings is 1. The van der Waals surface area contributed by atoms with Gasteiger partial charge in [-0.1, -0.05) is 17.7 Å². The third kappa shape index (κ3) is 4.42. The first-order valence-electron chi connectivity index (χ1n) is 12.1. The molecule has 0 spiro atoms. The van der Waals surface area contributed by atoms with Gasteiger partial charge < -0.3 is 25.0 Å². The maximum Gasteiger partial charge on any atom is 0.254 e. The molecule has 10 nitrogen and oxygen atoms in total. The van der Waals surface area contributed by atoms with Crippen molar-refractivity contribution in [1.82, 2.24) is 24.3 Å². The fourth-order valence-corrected chi connectivity index (χ4v) is 4.80. The molecule has 2 aliphatic rings. The molecule has 1 aromatic carbocycles. The minimum absolute atomic E-state index is 0.143. The van der Waals surface area contributed by atoms with Crippen LogP contribution in [0.2, 0.25) is 5.02 Å². The molecule has 37 heavy (non-hydrogen) atoms. The third-order valence-electron chi connectivity index (χ3n) is 6.89. The van der Waals surface area contributed by atoms with E-state index in [1.54, 1.807) is 24.4 Å². The summed E-state index contributed by atoms with van der Waals surface area (Å²) in [4.78, 5) is 29.8. The molecule has 0 bridgehead atoms. The van der Waals surface area contributed by atoms with Crippen molar-refractivity contribution in [2.24, 2.45) is 0 Å². The number of fused-ring (bicyclic) bond motifs is 1. The molecule has 1 saturated carbocycles. The maximum atomic E-state index is 12.4. The van der Waals surface area contributed by atoms with Gasteiger partial charge in [0.1, 0.15) is 22.7 Å². The highest BCUT2D eigenvalue weighted by Gasteiger charge is 2.50. The molecular weight excluding hydrogens is 494 g/mol. The van der Waals surface area contributed by atoms with Crippen molar-refractivity contribution < 1.29 is 14.6 Å². The van der Waals surface area contributed by atoms with E-state index in [9.17, 15) is 9.90 Å². The smallest absolute Gasteiger partial charge is 0.254 e. The lowest BCUT2D eigenvalue weighted by molar-refractivity contribution is -0.142. The monoisotopic (exact) mass is 519 g/mol. The van der Waals surface area contributed by atoms with Crippen LogP contribution in [0.3, 0.4) is 0 Å². The van der Waals surface area contributed by atoms with Crippen LogP contribution < -0.4 is 15.0 Å². The Labute approximate surface area is 218 Å². The van der Waals surface area contributed by atoms with E-state index in [4.69, 9.17) is 16.3 Å². The topological polar surface area (TPSA) is 108 Å². The van der Waals surface area contributed by atoms with Gasteiger partial charge in [-0.15, -0.1) is 0 Å². The van der Waals surface area contributed by atoms with Crippen LogP contribution in [0.5, 0.6) is 5.75 Å². The number of nitrogens with one attached hydrogen (secondary N) is 1. The molecule has 2 N–H and O–H groups in total. The summed E-state index contributed by atoms with van der Waals surface area (Å²) in [5.41, 5.74) is 2.71. The van der Waals surface area contributed by atoms with Crippen molar-refractivity contribution in [2.75, 3.05) is 43.5 Å². The van der Waals surface area contributed by atoms with Crippen LogP contribution in [-0.4, -0.2) is 74.2 Å². The number of hydrogen-bond acceptors (Lipinski definition) is 8. The molecule has 1 aliphatic heterocycles. The second-order valence-corrected chi connectivity index (χ2v) is 9.69. The molecule has 4 heterocycles. The average Bonchev–Trinajstić information content (AvgIpc) is 3.54. The Hall–Kier alpha value is -3.89. The number of piperazine rings is 1. The lowest BCUT2D eigenvalue weighted by Gasteiger charge is -2.37. The normalized spacial score (nSPS) is 16.6. The molecule has 0 atom stereocenters. The van der Waals surface area contributed by atoms with E-state index in [2.05, 4.69) is 25.2 Å². The van der Waals surface area contributed by atoms with Crippen LogP contribution in [0.15, 0.2) is 55.0 Å². The first-order valence-corrected chi connectivity index (χ1v) is 12.5. The van der Waals surface area contributed by atoms with Gasteiger partial charge >= 0.3 is 0 Å². The minimum Gasteiger partial charge on any atom is -0.494 e. The molecule has 1 aliphatic carbocycles. The van der Waals surface area contributed by atoms with Crippen LogP contribution in [0.1, 0.15) is 12.8 Å². The van der Waals surface area contributed by atoms with E-state index >= 15 is 0 Å². The Morgan fingerprint density at radius 2 is 1.92 bits per heavy atom. The zero-order valence-electron chi connectivity index (χ0n) is 20.3. The Kier molecular flexibility index (Phi) is 5.85. The number of imidazole rings is 1.